The molecule has 0 spiro atoms. The van der Waals surface area contributed by atoms with Crippen LogP contribution in [0.25, 0.3) is 22.9 Å². The summed E-state index contributed by atoms with van der Waals surface area (Å²) in [5.41, 5.74) is 4.05. The van der Waals surface area contributed by atoms with E-state index in [0.29, 0.717) is 48.8 Å². The Bertz CT molecular complexity index is 1350. The third-order valence-electron chi connectivity index (χ3n) is 6.63. The molecule has 182 valence electrons. The van der Waals surface area contributed by atoms with E-state index in [1.54, 1.807) is 43.5 Å². The molecule has 0 unspecified atom stereocenters. The van der Waals surface area contributed by atoms with Crippen molar-refractivity contribution in [3.8, 4) is 28.7 Å². The van der Waals surface area contributed by atoms with E-state index in [0.717, 1.165) is 22.4 Å². The molecule has 1 aliphatic rings. The molecule has 0 bridgehead atoms. The maximum atomic E-state index is 13.1. The van der Waals surface area contributed by atoms with Crippen LogP contribution >= 0.6 is 0 Å². The number of amides is 1. The van der Waals surface area contributed by atoms with Gasteiger partial charge in [-0.3, -0.25) is 9.59 Å². The first kappa shape index (κ1) is 23.5. The first-order valence-electron chi connectivity index (χ1n) is 12.0. The number of hydrogen-bond donors (Lipinski definition) is 0. The Kier molecular flexibility index (Phi) is 6.62. The molecule has 7 heteroatoms. The lowest BCUT2D eigenvalue weighted by molar-refractivity contribution is 0.0650. The smallest absolute Gasteiger partial charge is 0.253 e. The molecule has 1 saturated heterocycles. The molecule has 1 aromatic heterocycles. The number of aryl methyl sites for hydroxylation is 1. The van der Waals surface area contributed by atoms with Crippen molar-refractivity contribution in [1.29, 1.82) is 0 Å². The van der Waals surface area contributed by atoms with Crippen LogP contribution in [0.3, 0.4) is 0 Å². The van der Waals surface area contributed by atoms with Gasteiger partial charge in [-0.15, -0.1) is 10.2 Å². The molecule has 4 aromatic rings. The number of benzene rings is 3. The Morgan fingerprint density at radius 1 is 0.806 bits per heavy atom. The summed E-state index contributed by atoms with van der Waals surface area (Å²) in [6.07, 6.45) is 1.30. The summed E-state index contributed by atoms with van der Waals surface area (Å²) in [7, 11) is 1.60. The molecular weight excluding hydrogens is 454 g/mol. The zero-order chi connectivity index (χ0) is 25.1. The zero-order valence-corrected chi connectivity index (χ0v) is 20.3. The van der Waals surface area contributed by atoms with Gasteiger partial charge in [-0.2, -0.15) is 0 Å². The molecule has 5 rings (SSSR count). The molecule has 1 aliphatic heterocycles. The van der Waals surface area contributed by atoms with Crippen LogP contribution < -0.4 is 4.74 Å². The summed E-state index contributed by atoms with van der Waals surface area (Å²) in [6.45, 7) is 3.13. The van der Waals surface area contributed by atoms with Crippen LogP contribution in [0.4, 0.5) is 0 Å². The van der Waals surface area contributed by atoms with Crippen LogP contribution in [0.1, 0.15) is 39.1 Å². The lowest BCUT2D eigenvalue weighted by Crippen LogP contribution is -2.40. The van der Waals surface area contributed by atoms with Gasteiger partial charge in [0.25, 0.3) is 5.91 Å². The van der Waals surface area contributed by atoms with Crippen molar-refractivity contribution in [3.05, 3.63) is 89.5 Å². The molecule has 3 aromatic carbocycles. The monoisotopic (exact) mass is 481 g/mol. The molecule has 0 radical (unpaired) electrons. The van der Waals surface area contributed by atoms with Crippen LogP contribution in [0, 0.1) is 12.8 Å². The van der Waals surface area contributed by atoms with Crippen LogP contribution in [-0.4, -0.2) is 47.0 Å². The van der Waals surface area contributed by atoms with Gasteiger partial charge >= 0.3 is 0 Å². The molecule has 0 saturated carbocycles. The highest BCUT2D eigenvalue weighted by atomic mass is 16.5. The number of hydrogen-bond acceptors (Lipinski definition) is 6. The van der Waals surface area contributed by atoms with Crippen molar-refractivity contribution >= 4 is 11.7 Å². The normalized spacial score (nSPS) is 14.0. The number of carbonyl (C=O) groups is 2. The molecule has 1 amide bonds. The van der Waals surface area contributed by atoms with E-state index < -0.39 is 0 Å². The van der Waals surface area contributed by atoms with Crippen LogP contribution in [0.2, 0.25) is 0 Å². The summed E-state index contributed by atoms with van der Waals surface area (Å²) < 4.78 is 11.0. The van der Waals surface area contributed by atoms with Gasteiger partial charge in [0.2, 0.25) is 11.8 Å². The molecular formula is C29H27N3O4. The van der Waals surface area contributed by atoms with E-state index in [1.165, 1.54) is 0 Å². The number of rotatable bonds is 6. The van der Waals surface area contributed by atoms with Gasteiger partial charge < -0.3 is 14.1 Å². The van der Waals surface area contributed by atoms with E-state index in [9.17, 15) is 9.59 Å². The number of nitrogens with zero attached hydrogens (tertiary/aromatic N) is 3. The summed E-state index contributed by atoms with van der Waals surface area (Å²) in [5, 5.41) is 8.31. The Hall–Kier alpha value is -4.26. The number of likely N-dealkylation sites (tertiary alicyclic amines) is 1. The topological polar surface area (TPSA) is 85.5 Å². The number of carbonyl (C=O) groups excluding carboxylic acids is 2. The molecule has 0 N–H and O–H groups in total. The van der Waals surface area contributed by atoms with Crippen molar-refractivity contribution < 1.29 is 18.7 Å². The predicted octanol–water partition coefficient (Wildman–Crippen LogP) is 5.46. The molecule has 0 atom stereocenters. The summed E-state index contributed by atoms with van der Waals surface area (Å²) in [6, 6.07) is 22.3. The quantitative estimate of drug-likeness (QED) is 0.340. The lowest BCUT2D eigenvalue weighted by Gasteiger charge is -2.31. The third-order valence-corrected chi connectivity index (χ3v) is 6.63. The first-order chi connectivity index (χ1) is 17.5. The van der Waals surface area contributed by atoms with Crippen molar-refractivity contribution in [3.63, 3.8) is 0 Å². The van der Waals surface area contributed by atoms with E-state index in [1.807, 2.05) is 48.2 Å². The average Bonchev–Trinajstić information content (AvgIpc) is 3.43. The lowest BCUT2D eigenvalue weighted by atomic mass is 9.88. The van der Waals surface area contributed by atoms with Gasteiger partial charge in [-0.1, -0.05) is 17.7 Å². The minimum Gasteiger partial charge on any atom is -0.497 e. The number of piperidine rings is 1. The van der Waals surface area contributed by atoms with Gasteiger partial charge in [0.1, 0.15) is 5.75 Å². The fourth-order valence-corrected chi connectivity index (χ4v) is 4.43. The maximum absolute atomic E-state index is 13.1. The summed E-state index contributed by atoms with van der Waals surface area (Å²) >= 11 is 0. The van der Waals surface area contributed by atoms with Gasteiger partial charge in [0.05, 0.1) is 7.11 Å². The third kappa shape index (κ3) is 4.91. The molecule has 7 nitrogen and oxygen atoms in total. The SMILES string of the molecule is COc1ccc(C(=O)C2CCN(C(=O)c3ccc(-c4nnc(-c5ccc(C)cc5)o4)cc3)CC2)cc1. The minimum atomic E-state index is -0.0786. The van der Waals surface area contributed by atoms with E-state index >= 15 is 0 Å². The van der Waals surface area contributed by atoms with Gasteiger partial charge in [-0.05, 0) is 80.4 Å². The molecule has 0 aliphatic carbocycles. The van der Waals surface area contributed by atoms with Crippen molar-refractivity contribution in [2.24, 2.45) is 5.92 Å². The zero-order valence-electron chi connectivity index (χ0n) is 20.3. The fraction of sp³-hybridized carbons (Fsp3) is 0.241. The standard InChI is InChI=1S/C29H27N3O4/c1-19-3-5-22(6-4-19)27-30-31-28(36-27)23-7-9-24(10-8-23)29(34)32-17-15-21(16-18-32)26(33)20-11-13-25(35-2)14-12-20/h3-14,21H,15-18H2,1-2H3. The van der Waals surface area contributed by atoms with Crippen LogP contribution in [-0.2, 0) is 0 Å². The number of aromatic nitrogens is 2. The highest BCUT2D eigenvalue weighted by Crippen LogP contribution is 2.26. The second kappa shape index (κ2) is 10.2. The van der Waals surface area contributed by atoms with Crippen LogP contribution in [0.5, 0.6) is 5.75 Å². The Labute approximate surface area is 209 Å². The van der Waals surface area contributed by atoms with Crippen molar-refractivity contribution in [1.82, 2.24) is 15.1 Å². The Balaban J connectivity index is 1.20. The van der Waals surface area contributed by atoms with Gasteiger partial charge in [0.15, 0.2) is 5.78 Å². The van der Waals surface area contributed by atoms with E-state index in [4.69, 9.17) is 9.15 Å². The van der Waals surface area contributed by atoms with Crippen LogP contribution in [0.15, 0.2) is 77.2 Å². The first-order valence-corrected chi connectivity index (χ1v) is 12.0. The number of Topliss-reactive ketones (excluding diaryl/α,β-unsaturated/α-hetero) is 1. The Morgan fingerprint density at radius 2 is 1.33 bits per heavy atom. The van der Waals surface area contributed by atoms with Crippen molar-refractivity contribution in [2.45, 2.75) is 19.8 Å². The van der Waals surface area contributed by atoms with Gasteiger partial charge in [0, 0.05) is 41.3 Å². The van der Waals surface area contributed by atoms with Gasteiger partial charge in [-0.25, -0.2) is 0 Å². The van der Waals surface area contributed by atoms with E-state index in [2.05, 4.69) is 10.2 Å². The molecule has 1 fully saturated rings. The second-order valence-electron chi connectivity index (χ2n) is 9.01. The summed E-state index contributed by atoms with van der Waals surface area (Å²) in [4.78, 5) is 27.7. The second-order valence-corrected chi connectivity index (χ2v) is 9.01. The molecule has 2 heterocycles. The largest absolute Gasteiger partial charge is 0.497 e. The fourth-order valence-electron chi connectivity index (χ4n) is 4.43. The van der Waals surface area contributed by atoms with E-state index in [-0.39, 0.29) is 17.6 Å². The highest BCUT2D eigenvalue weighted by molar-refractivity contribution is 5.98. The predicted molar refractivity (Wildman–Crippen MR) is 136 cm³/mol. The Morgan fingerprint density at radius 3 is 1.89 bits per heavy atom. The number of ketones is 1. The highest BCUT2D eigenvalue weighted by Gasteiger charge is 2.28. The maximum Gasteiger partial charge on any atom is 0.253 e. The average molecular weight is 482 g/mol. The van der Waals surface area contributed by atoms with Crippen molar-refractivity contribution in [2.75, 3.05) is 20.2 Å². The minimum absolute atomic E-state index is 0.0391. The molecule has 36 heavy (non-hydrogen) atoms. The number of methoxy groups -OCH3 is 1. The summed E-state index contributed by atoms with van der Waals surface area (Å²) in [5.74, 6) is 1.59. The number of ether oxygens (including phenoxy) is 1.